The van der Waals surface area contributed by atoms with E-state index < -0.39 is 5.60 Å². The van der Waals surface area contributed by atoms with Gasteiger partial charge in [0.1, 0.15) is 11.4 Å². The second-order valence-corrected chi connectivity index (χ2v) is 6.85. The molecule has 2 N–H and O–H groups in total. The molecule has 6 nitrogen and oxygen atoms in total. The first-order valence-electron chi connectivity index (χ1n) is 8.58. The zero-order valence-corrected chi connectivity index (χ0v) is 16.0. The highest BCUT2D eigenvalue weighted by Crippen LogP contribution is 2.42. The van der Waals surface area contributed by atoms with Gasteiger partial charge in [-0.1, -0.05) is 11.6 Å². The number of carbonyl (C=O) groups excluding carboxylic acids is 1. The van der Waals surface area contributed by atoms with Gasteiger partial charge in [0, 0.05) is 5.02 Å². The Morgan fingerprint density at radius 1 is 1.19 bits per heavy atom. The third-order valence-electron chi connectivity index (χ3n) is 4.68. The van der Waals surface area contributed by atoms with Crippen LogP contribution in [-0.4, -0.2) is 38.4 Å². The molecule has 1 aliphatic rings. The van der Waals surface area contributed by atoms with Crippen molar-refractivity contribution >= 4 is 17.5 Å². The monoisotopic (exact) mass is 391 g/mol. The van der Waals surface area contributed by atoms with Crippen molar-refractivity contribution in [2.75, 3.05) is 27.4 Å². The van der Waals surface area contributed by atoms with Crippen LogP contribution in [0.3, 0.4) is 0 Å². The predicted octanol–water partition coefficient (Wildman–Crippen LogP) is 2.69. The molecule has 1 unspecified atom stereocenters. The zero-order chi connectivity index (χ0) is 19.4. The maximum absolute atomic E-state index is 12.1. The van der Waals surface area contributed by atoms with Gasteiger partial charge >= 0.3 is 0 Å². The molecular formula is C20H22ClNO5. The molecule has 1 amide bonds. The van der Waals surface area contributed by atoms with Crippen molar-refractivity contribution in [2.45, 2.75) is 18.4 Å². The van der Waals surface area contributed by atoms with Crippen LogP contribution in [0.2, 0.25) is 5.02 Å². The number of aryl methyl sites for hydroxylation is 1. The maximum Gasteiger partial charge on any atom is 0.258 e. The van der Waals surface area contributed by atoms with Crippen LogP contribution in [0.1, 0.15) is 17.5 Å². The lowest BCUT2D eigenvalue weighted by Crippen LogP contribution is -2.41. The summed E-state index contributed by atoms with van der Waals surface area (Å²) < 4.78 is 16.0. The van der Waals surface area contributed by atoms with Gasteiger partial charge in [-0.2, -0.15) is 0 Å². The van der Waals surface area contributed by atoms with Gasteiger partial charge in [-0.3, -0.25) is 4.79 Å². The van der Waals surface area contributed by atoms with E-state index in [1.54, 1.807) is 44.6 Å². The summed E-state index contributed by atoms with van der Waals surface area (Å²) in [6.45, 7) is -0.0468. The maximum atomic E-state index is 12.1. The van der Waals surface area contributed by atoms with Crippen molar-refractivity contribution in [3.63, 3.8) is 0 Å². The third-order valence-corrected chi connectivity index (χ3v) is 4.93. The average Bonchev–Trinajstić information content (AvgIpc) is 3.01. The van der Waals surface area contributed by atoms with Gasteiger partial charge in [-0.05, 0) is 60.4 Å². The van der Waals surface area contributed by atoms with E-state index in [-0.39, 0.29) is 19.1 Å². The number of aliphatic hydroxyl groups is 1. The van der Waals surface area contributed by atoms with Crippen molar-refractivity contribution in [1.29, 1.82) is 0 Å². The van der Waals surface area contributed by atoms with Crippen molar-refractivity contribution in [3.05, 3.63) is 52.5 Å². The highest BCUT2D eigenvalue weighted by atomic mass is 35.5. The molecular weight excluding hydrogens is 370 g/mol. The standard InChI is InChI=1S/C20H22ClNO5/c1-25-17-9-13-7-8-20(24,16(13)10-18(17)26-2)12-22-19(23)11-27-15-5-3-14(21)4-6-15/h3-6,9-10,24H,7-8,11-12H2,1-2H3,(H,22,23). The molecule has 0 radical (unpaired) electrons. The van der Waals surface area contributed by atoms with Crippen LogP contribution in [0.15, 0.2) is 36.4 Å². The second-order valence-electron chi connectivity index (χ2n) is 6.42. The highest BCUT2D eigenvalue weighted by molar-refractivity contribution is 6.30. The molecule has 0 saturated carbocycles. The number of hydrogen-bond acceptors (Lipinski definition) is 5. The molecule has 0 fully saturated rings. The highest BCUT2D eigenvalue weighted by Gasteiger charge is 2.38. The minimum atomic E-state index is -1.15. The predicted molar refractivity (Wildman–Crippen MR) is 102 cm³/mol. The van der Waals surface area contributed by atoms with Crippen molar-refractivity contribution in [2.24, 2.45) is 0 Å². The Kier molecular flexibility index (Phi) is 5.77. The number of benzene rings is 2. The minimum Gasteiger partial charge on any atom is -0.493 e. The SMILES string of the molecule is COc1cc2c(cc1OC)C(O)(CNC(=O)COc1ccc(Cl)cc1)CC2. The van der Waals surface area contributed by atoms with E-state index in [9.17, 15) is 9.90 Å². The van der Waals surface area contributed by atoms with Crippen LogP contribution in [0.4, 0.5) is 0 Å². The molecule has 7 heteroatoms. The number of amides is 1. The van der Waals surface area contributed by atoms with E-state index in [4.69, 9.17) is 25.8 Å². The van der Waals surface area contributed by atoms with Crippen LogP contribution in [0, 0.1) is 0 Å². The topological polar surface area (TPSA) is 77.0 Å². The Labute approximate surface area is 163 Å². The van der Waals surface area contributed by atoms with E-state index in [2.05, 4.69) is 5.32 Å². The quantitative estimate of drug-likeness (QED) is 0.758. The number of hydrogen-bond donors (Lipinski definition) is 2. The Balaban J connectivity index is 1.61. The number of rotatable bonds is 7. The van der Waals surface area contributed by atoms with Gasteiger partial charge in [0.05, 0.1) is 20.8 Å². The van der Waals surface area contributed by atoms with E-state index in [0.717, 1.165) is 11.1 Å². The first kappa shape index (κ1) is 19.3. The van der Waals surface area contributed by atoms with Crippen LogP contribution >= 0.6 is 11.6 Å². The second kappa shape index (κ2) is 8.06. The molecule has 0 bridgehead atoms. The molecule has 3 rings (SSSR count). The number of fused-ring (bicyclic) bond motifs is 1. The average molecular weight is 392 g/mol. The molecule has 27 heavy (non-hydrogen) atoms. The summed E-state index contributed by atoms with van der Waals surface area (Å²) in [5.74, 6) is 1.42. The molecule has 1 aliphatic carbocycles. The van der Waals surface area contributed by atoms with E-state index in [0.29, 0.717) is 35.1 Å². The molecule has 0 heterocycles. The number of halogens is 1. The van der Waals surface area contributed by atoms with Crippen molar-refractivity contribution < 1.29 is 24.1 Å². The summed E-state index contributed by atoms with van der Waals surface area (Å²) >= 11 is 5.81. The summed E-state index contributed by atoms with van der Waals surface area (Å²) in [7, 11) is 3.13. The fraction of sp³-hybridized carbons (Fsp3) is 0.350. The van der Waals surface area contributed by atoms with Gasteiger partial charge in [-0.25, -0.2) is 0 Å². The molecule has 144 valence electrons. The van der Waals surface area contributed by atoms with Crippen LogP contribution in [-0.2, 0) is 16.8 Å². The summed E-state index contributed by atoms with van der Waals surface area (Å²) in [5, 5.41) is 14.4. The zero-order valence-electron chi connectivity index (χ0n) is 15.3. The normalized spacial score (nSPS) is 17.9. The molecule has 1 atom stereocenters. The van der Waals surface area contributed by atoms with Crippen LogP contribution < -0.4 is 19.5 Å². The Bertz CT molecular complexity index is 824. The molecule has 0 saturated heterocycles. The summed E-state index contributed by atoms with van der Waals surface area (Å²) in [4.78, 5) is 12.1. The van der Waals surface area contributed by atoms with Crippen molar-refractivity contribution in [3.8, 4) is 17.2 Å². The fourth-order valence-electron chi connectivity index (χ4n) is 3.20. The van der Waals surface area contributed by atoms with Gasteiger partial charge in [0.2, 0.25) is 0 Å². The first-order valence-corrected chi connectivity index (χ1v) is 8.96. The summed E-state index contributed by atoms with van der Waals surface area (Å²) in [6.07, 6.45) is 1.21. The van der Waals surface area contributed by atoms with E-state index in [1.165, 1.54) is 0 Å². The summed E-state index contributed by atoms with van der Waals surface area (Å²) in [6, 6.07) is 10.4. The van der Waals surface area contributed by atoms with Gasteiger partial charge < -0.3 is 24.6 Å². The number of carbonyl (C=O) groups is 1. The lowest BCUT2D eigenvalue weighted by atomic mass is 9.95. The fourth-order valence-corrected chi connectivity index (χ4v) is 3.32. The van der Waals surface area contributed by atoms with Crippen LogP contribution in [0.5, 0.6) is 17.2 Å². The smallest absolute Gasteiger partial charge is 0.258 e. The van der Waals surface area contributed by atoms with Crippen LogP contribution in [0.25, 0.3) is 0 Å². The van der Waals surface area contributed by atoms with E-state index >= 15 is 0 Å². The largest absolute Gasteiger partial charge is 0.493 e. The molecule has 2 aromatic carbocycles. The molecule has 0 aromatic heterocycles. The Morgan fingerprint density at radius 2 is 1.85 bits per heavy atom. The number of ether oxygens (including phenoxy) is 3. The Hall–Kier alpha value is -2.44. The van der Waals surface area contributed by atoms with E-state index in [1.807, 2.05) is 6.07 Å². The van der Waals surface area contributed by atoms with Gasteiger partial charge in [0.25, 0.3) is 5.91 Å². The molecule has 0 aliphatic heterocycles. The minimum absolute atomic E-state index is 0.0955. The third kappa shape index (κ3) is 4.28. The van der Waals surface area contributed by atoms with Gasteiger partial charge in [0.15, 0.2) is 18.1 Å². The molecule has 2 aromatic rings. The summed E-state index contributed by atoms with van der Waals surface area (Å²) in [5.41, 5.74) is 0.589. The number of nitrogens with one attached hydrogen (secondary N) is 1. The number of methoxy groups -OCH3 is 2. The Morgan fingerprint density at radius 3 is 2.52 bits per heavy atom. The van der Waals surface area contributed by atoms with Gasteiger partial charge in [-0.15, -0.1) is 0 Å². The van der Waals surface area contributed by atoms with Crippen molar-refractivity contribution in [1.82, 2.24) is 5.32 Å². The lowest BCUT2D eigenvalue weighted by Gasteiger charge is -2.25. The first-order chi connectivity index (χ1) is 12.9. The molecule has 0 spiro atoms. The lowest BCUT2D eigenvalue weighted by molar-refractivity contribution is -0.124.